The summed E-state index contributed by atoms with van der Waals surface area (Å²) in [5, 5.41) is 0. The average Bonchev–Trinajstić information content (AvgIpc) is 2.17. The molecule has 1 fully saturated rings. The third-order valence-electron chi connectivity index (χ3n) is 2.38. The molecule has 1 aromatic rings. The van der Waals surface area contributed by atoms with Crippen molar-refractivity contribution < 1.29 is 4.74 Å². The van der Waals surface area contributed by atoms with Gasteiger partial charge >= 0.3 is 0 Å². The van der Waals surface area contributed by atoms with Crippen molar-refractivity contribution in [2.75, 3.05) is 30.3 Å². The Morgan fingerprint density at radius 3 is 3.13 bits per heavy atom. The summed E-state index contributed by atoms with van der Waals surface area (Å²) in [6.45, 7) is 4.56. The van der Waals surface area contributed by atoms with Crippen LogP contribution in [0.15, 0.2) is 16.7 Å². The molecule has 0 saturated carbocycles. The molecule has 1 atom stereocenters. The van der Waals surface area contributed by atoms with Crippen LogP contribution in [0.25, 0.3) is 0 Å². The molecule has 1 aliphatic heterocycles. The largest absolute Gasteiger partial charge is 0.397 e. The van der Waals surface area contributed by atoms with E-state index in [-0.39, 0.29) is 6.10 Å². The van der Waals surface area contributed by atoms with Gasteiger partial charge in [0.2, 0.25) is 0 Å². The van der Waals surface area contributed by atoms with Gasteiger partial charge in [0.1, 0.15) is 5.82 Å². The first-order valence-electron chi connectivity index (χ1n) is 4.94. The minimum atomic E-state index is 0.255. The Morgan fingerprint density at radius 1 is 1.67 bits per heavy atom. The molecule has 1 saturated heterocycles. The number of rotatable bonds is 1. The molecule has 1 aromatic heterocycles. The van der Waals surface area contributed by atoms with Gasteiger partial charge in [-0.05, 0) is 28.9 Å². The highest BCUT2D eigenvalue weighted by molar-refractivity contribution is 9.10. The molecule has 0 bridgehead atoms. The molecule has 0 aliphatic carbocycles. The van der Waals surface area contributed by atoms with E-state index in [1.54, 1.807) is 6.20 Å². The molecule has 5 heteroatoms. The second kappa shape index (κ2) is 4.37. The van der Waals surface area contributed by atoms with Crippen molar-refractivity contribution in [3.8, 4) is 0 Å². The molecule has 0 radical (unpaired) electrons. The van der Waals surface area contributed by atoms with Crippen LogP contribution < -0.4 is 10.6 Å². The number of anilines is 2. The molecule has 2 heterocycles. The topological polar surface area (TPSA) is 51.4 Å². The number of halogens is 1. The normalized spacial score (nSPS) is 21.7. The van der Waals surface area contributed by atoms with E-state index >= 15 is 0 Å². The van der Waals surface area contributed by atoms with Crippen molar-refractivity contribution >= 4 is 27.4 Å². The minimum Gasteiger partial charge on any atom is -0.397 e. The number of hydrogen-bond donors (Lipinski definition) is 1. The highest BCUT2D eigenvalue weighted by atomic mass is 79.9. The number of nitrogens with two attached hydrogens (primary N) is 1. The highest BCUT2D eigenvalue weighted by Gasteiger charge is 2.19. The Morgan fingerprint density at radius 2 is 2.47 bits per heavy atom. The molecular formula is C10H14BrN3O. The van der Waals surface area contributed by atoms with Crippen molar-refractivity contribution in [2.24, 2.45) is 0 Å². The molecule has 2 rings (SSSR count). The van der Waals surface area contributed by atoms with Crippen LogP contribution in [0.3, 0.4) is 0 Å². The van der Waals surface area contributed by atoms with Gasteiger partial charge in [-0.3, -0.25) is 0 Å². The van der Waals surface area contributed by atoms with Gasteiger partial charge in [-0.2, -0.15) is 0 Å². The summed E-state index contributed by atoms with van der Waals surface area (Å²) >= 11 is 3.48. The van der Waals surface area contributed by atoms with E-state index in [9.17, 15) is 0 Å². The summed E-state index contributed by atoms with van der Waals surface area (Å²) in [6, 6.07) is 1.88. The first-order chi connectivity index (χ1) is 7.16. The molecule has 0 aromatic carbocycles. The molecule has 0 amide bonds. The zero-order valence-corrected chi connectivity index (χ0v) is 10.2. The summed E-state index contributed by atoms with van der Waals surface area (Å²) in [6.07, 6.45) is 1.94. The van der Waals surface area contributed by atoms with Crippen LogP contribution >= 0.6 is 15.9 Å². The smallest absolute Gasteiger partial charge is 0.143 e. The first kappa shape index (κ1) is 10.7. The minimum absolute atomic E-state index is 0.255. The molecule has 15 heavy (non-hydrogen) atoms. The third kappa shape index (κ3) is 2.41. The number of ether oxygens (including phenoxy) is 1. The van der Waals surface area contributed by atoms with Gasteiger partial charge in [-0.25, -0.2) is 4.98 Å². The van der Waals surface area contributed by atoms with Crippen LogP contribution in [-0.2, 0) is 4.74 Å². The van der Waals surface area contributed by atoms with E-state index in [1.165, 1.54) is 0 Å². The monoisotopic (exact) mass is 271 g/mol. The van der Waals surface area contributed by atoms with Crippen LogP contribution in [0.2, 0.25) is 0 Å². The Balaban J connectivity index is 2.21. The lowest BCUT2D eigenvalue weighted by Gasteiger charge is -2.32. The number of nitrogens with zero attached hydrogens (tertiary/aromatic N) is 2. The van der Waals surface area contributed by atoms with Gasteiger partial charge in [0.15, 0.2) is 0 Å². The molecule has 1 unspecified atom stereocenters. The second-order valence-corrected chi connectivity index (χ2v) is 4.56. The van der Waals surface area contributed by atoms with Gasteiger partial charge in [0.05, 0.1) is 29.1 Å². The van der Waals surface area contributed by atoms with Gasteiger partial charge < -0.3 is 15.4 Å². The standard InChI is InChI=1S/C10H14BrN3O/c1-7-6-14(2-3-15-7)10-9(11)4-8(12)5-13-10/h4-5,7H,2-3,6,12H2,1H3. The van der Waals surface area contributed by atoms with Gasteiger partial charge in [0.25, 0.3) is 0 Å². The van der Waals surface area contributed by atoms with E-state index < -0.39 is 0 Å². The Hall–Kier alpha value is -0.810. The highest BCUT2D eigenvalue weighted by Crippen LogP contribution is 2.26. The Labute approximate surface area is 97.6 Å². The summed E-state index contributed by atoms with van der Waals surface area (Å²) < 4.78 is 6.42. The van der Waals surface area contributed by atoms with E-state index in [1.807, 2.05) is 6.07 Å². The van der Waals surface area contributed by atoms with Crippen molar-refractivity contribution in [1.29, 1.82) is 0 Å². The maximum Gasteiger partial charge on any atom is 0.143 e. The Bertz CT molecular complexity index is 359. The van der Waals surface area contributed by atoms with Crippen molar-refractivity contribution in [3.05, 3.63) is 16.7 Å². The van der Waals surface area contributed by atoms with Crippen LogP contribution in [0.4, 0.5) is 11.5 Å². The molecule has 82 valence electrons. The maximum atomic E-state index is 5.65. The van der Waals surface area contributed by atoms with Crippen molar-refractivity contribution in [3.63, 3.8) is 0 Å². The van der Waals surface area contributed by atoms with E-state index in [0.717, 1.165) is 30.0 Å². The molecular weight excluding hydrogens is 258 g/mol. The van der Waals surface area contributed by atoms with Crippen LogP contribution in [0.1, 0.15) is 6.92 Å². The predicted octanol–water partition coefficient (Wildman–Crippen LogP) is 1.65. The fourth-order valence-electron chi connectivity index (χ4n) is 1.69. The summed E-state index contributed by atoms with van der Waals surface area (Å²) in [5.74, 6) is 0.944. The van der Waals surface area contributed by atoms with Gasteiger partial charge in [-0.1, -0.05) is 0 Å². The molecule has 0 spiro atoms. The number of morpholine rings is 1. The molecule has 1 aliphatic rings. The number of pyridine rings is 1. The van der Waals surface area contributed by atoms with Gasteiger partial charge in [0, 0.05) is 13.1 Å². The van der Waals surface area contributed by atoms with Crippen LogP contribution in [0.5, 0.6) is 0 Å². The lowest BCUT2D eigenvalue weighted by Crippen LogP contribution is -2.41. The first-order valence-corrected chi connectivity index (χ1v) is 5.73. The Kier molecular flexibility index (Phi) is 3.11. The van der Waals surface area contributed by atoms with Crippen LogP contribution in [0, 0.1) is 0 Å². The molecule has 4 nitrogen and oxygen atoms in total. The SMILES string of the molecule is CC1CN(c2ncc(N)cc2Br)CCO1. The summed E-state index contributed by atoms with van der Waals surface area (Å²) in [4.78, 5) is 6.54. The second-order valence-electron chi connectivity index (χ2n) is 3.70. The average molecular weight is 272 g/mol. The van der Waals surface area contributed by atoms with E-state index in [2.05, 4.69) is 32.7 Å². The fourth-order valence-corrected chi connectivity index (χ4v) is 2.31. The predicted molar refractivity (Wildman–Crippen MR) is 64.0 cm³/mol. The fraction of sp³-hybridized carbons (Fsp3) is 0.500. The van der Waals surface area contributed by atoms with Crippen molar-refractivity contribution in [1.82, 2.24) is 4.98 Å². The van der Waals surface area contributed by atoms with Gasteiger partial charge in [-0.15, -0.1) is 0 Å². The number of hydrogen-bond acceptors (Lipinski definition) is 4. The zero-order chi connectivity index (χ0) is 10.8. The quantitative estimate of drug-likeness (QED) is 0.844. The number of nitrogen functional groups attached to an aromatic ring is 1. The lowest BCUT2D eigenvalue weighted by molar-refractivity contribution is 0.0529. The summed E-state index contributed by atoms with van der Waals surface area (Å²) in [5.41, 5.74) is 6.32. The molecule has 2 N–H and O–H groups in total. The lowest BCUT2D eigenvalue weighted by atomic mass is 10.3. The maximum absolute atomic E-state index is 5.65. The third-order valence-corrected chi connectivity index (χ3v) is 2.97. The zero-order valence-electron chi connectivity index (χ0n) is 8.61. The van der Waals surface area contributed by atoms with E-state index in [4.69, 9.17) is 10.5 Å². The van der Waals surface area contributed by atoms with E-state index in [0.29, 0.717) is 5.69 Å². The van der Waals surface area contributed by atoms with Crippen LogP contribution in [-0.4, -0.2) is 30.8 Å². The number of aromatic nitrogens is 1. The van der Waals surface area contributed by atoms with Crippen molar-refractivity contribution in [2.45, 2.75) is 13.0 Å². The summed E-state index contributed by atoms with van der Waals surface area (Å²) in [7, 11) is 0.